The van der Waals surface area contributed by atoms with Crippen LogP contribution < -0.4 is 9.47 Å². The molecule has 0 radical (unpaired) electrons. The van der Waals surface area contributed by atoms with Gasteiger partial charge in [-0.25, -0.2) is 0 Å². The number of benzene rings is 1. The molecule has 174 valence electrons. The molecule has 1 rings (SSSR count). The summed E-state index contributed by atoms with van der Waals surface area (Å²) < 4.78 is 14.4. The summed E-state index contributed by atoms with van der Waals surface area (Å²) in [5.74, 6) is 2.00. The van der Waals surface area contributed by atoms with Gasteiger partial charge in [0.15, 0.2) is 0 Å². The van der Waals surface area contributed by atoms with E-state index < -0.39 is 0 Å². The molecular formula is C26H44I2O2. The molecule has 0 aromatic heterocycles. The van der Waals surface area contributed by atoms with Crippen molar-refractivity contribution in [2.45, 2.75) is 117 Å². The third-order valence-corrected chi connectivity index (χ3v) is 7.18. The van der Waals surface area contributed by atoms with Crippen LogP contribution >= 0.6 is 45.2 Å². The Morgan fingerprint density at radius 3 is 1.13 bits per heavy atom. The molecule has 2 nitrogen and oxygen atoms in total. The third kappa shape index (κ3) is 14.4. The van der Waals surface area contributed by atoms with Crippen LogP contribution in [0.5, 0.6) is 11.5 Å². The summed E-state index contributed by atoms with van der Waals surface area (Å²) in [6.45, 7) is 6.19. The molecule has 0 saturated carbocycles. The molecule has 1 aromatic carbocycles. The molecule has 1 aromatic rings. The van der Waals surface area contributed by atoms with E-state index in [9.17, 15) is 0 Å². The fraction of sp³-hybridized carbons (Fsp3) is 0.769. The summed E-state index contributed by atoms with van der Waals surface area (Å²) in [6.07, 6.45) is 21.3. The Balaban J connectivity index is 2.15. The zero-order valence-electron chi connectivity index (χ0n) is 19.5. The van der Waals surface area contributed by atoms with E-state index in [4.69, 9.17) is 9.47 Å². The first-order valence-corrected chi connectivity index (χ1v) is 14.6. The van der Waals surface area contributed by atoms with E-state index in [1.165, 1.54) is 89.9 Å². The van der Waals surface area contributed by atoms with Gasteiger partial charge < -0.3 is 9.47 Å². The van der Waals surface area contributed by atoms with Gasteiger partial charge in [-0.15, -0.1) is 0 Å². The highest BCUT2D eigenvalue weighted by Gasteiger charge is 2.09. The molecule has 0 aliphatic rings. The average Bonchev–Trinajstić information content (AvgIpc) is 2.74. The van der Waals surface area contributed by atoms with Crippen LogP contribution in [0.1, 0.15) is 117 Å². The summed E-state index contributed by atoms with van der Waals surface area (Å²) in [4.78, 5) is 0. The lowest BCUT2D eigenvalue weighted by Crippen LogP contribution is -2.02. The number of unbranched alkanes of at least 4 members (excludes halogenated alkanes) is 14. The molecule has 0 aliphatic carbocycles. The number of rotatable bonds is 20. The smallest absolute Gasteiger partial charge is 0.133 e. The van der Waals surface area contributed by atoms with Gasteiger partial charge in [0.2, 0.25) is 0 Å². The Bertz CT molecular complexity index is 486. The SMILES string of the molecule is CCCCCCCCCCOc1cc(I)c(OCCCCCCCCCC)cc1I. The van der Waals surface area contributed by atoms with Crippen molar-refractivity contribution in [3.63, 3.8) is 0 Å². The van der Waals surface area contributed by atoms with E-state index in [0.717, 1.165) is 44.7 Å². The highest BCUT2D eigenvalue weighted by atomic mass is 127. The molecule has 0 amide bonds. The standard InChI is InChI=1S/C26H44I2O2/c1-3-5-7-9-11-13-15-17-19-29-25-21-24(28)26(22-23(25)27)30-20-18-16-14-12-10-8-6-4-2/h21-22H,3-20H2,1-2H3. The predicted octanol–water partition coefficient (Wildman–Crippen LogP) is 9.93. The van der Waals surface area contributed by atoms with Gasteiger partial charge in [-0.2, -0.15) is 0 Å². The monoisotopic (exact) mass is 642 g/mol. The van der Waals surface area contributed by atoms with E-state index in [-0.39, 0.29) is 0 Å². The normalized spacial score (nSPS) is 11.1. The molecule has 0 fully saturated rings. The molecule has 0 unspecified atom stereocenters. The van der Waals surface area contributed by atoms with Crippen LogP contribution in [0.2, 0.25) is 0 Å². The molecule has 0 N–H and O–H groups in total. The molecule has 0 spiro atoms. The lowest BCUT2D eigenvalue weighted by molar-refractivity contribution is 0.293. The maximum absolute atomic E-state index is 6.05. The van der Waals surface area contributed by atoms with Crippen LogP contribution in [0.15, 0.2) is 12.1 Å². The van der Waals surface area contributed by atoms with Crippen LogP contribution in [-0.4, -0.2) is 13.2 Å². The number of halogens is 2. The summed E-state index contributed by atoms with van der Waals surface area (Å²) in [7, 11) is 0. The Morgan fingerprint density at radius 1 is 0.500 bits per heavy atom. The van der Waals surface area contributed by atoms with Gasteiger partial charge in [0.05, 0.1) is 20.4 Å². The van der Waals surface area contributed by atoms with Gasteiger partial charge in [-0.1, -0.05) is 104 Å². The first-order chi connectivity index (χ1) is 14.7. The zero-order valence-corrected chi connectivity index (χ0v) is 23.8. The summed E-state index contributed by atoms with van der Waals surface area (Å²) in [5, 5.41) is 0. The first-order valence-electron chi connectivity index (χ1n) is 12.4. The Labute approximate surface area is 213 Å². The van der Waals surface area contributed by atoms with Crippen molar-refractivity contribution >= 4 is 45.2 Å². The second-order valence-electron chi connectivity index (χ2n) is 8.36. The van der Waals surface area contributed by atoms with Gasteiger partial charge in [-0.05, 0) is 70.2 Å². The van der Waals surface area contributed by atoms with Gasteiger partial charge in [-0.3, -0.25) is 0 Å². The highest BCUT2D eigenvalue weighted by molar-refractivity contribution is 14.1. The van der Waals surface area contributed by atoms with E-state index in [2.05, 4.69) is 71.2 Å². The summed E-state index contributed by atoms with van der Waals surface area (Å²) in [6, 6.07) is 4.27. The Kier molecular flexibility index (Phi) is 18.8. The summed E-state index contributed by atoms with van der Waals surface area (Å²) in [5.41, 5.74) is 0. The van der Waals surface area contributed by atoms with Crippen molar-refractivity contribution in [3.05, 3.63) is 19.3 Å². The van der Waals surface area contributed by atoms with Crippen molar-refractivity contribution in [1.82, 2.24) is 0 Å². The van der Waals surface area contributed by atoms with Crippen LogP contribution in [-0.2, 0) is 0 Å². The molecule has 30 heavy (non-hydrogen) atoms. The number of ether oxygens (including phenoxy) is 2. The van der Waals surface area contributed by atoms with Crippen molar-refractivity contribution in [2.24, 2.45) is 0 Å². The van der Waals surface area contributed by atoms with Crippen molar-refractivity contribution < 1.29 is 9.47 Å². The largest absolute Gasteiger partial charge is 0.492 e. The number of hydrogen-bond donors (Lipinski definition) is 0. The van der Waals surface area contributed by atoms with Gasteiger partial charge in [0.25, 0.3) is 0 Å². The summed E-state index contributed by atoms with van der Waals surface area (Å²) >= 11 is 4.74. The van der Waals surface area contributed by atoms with E-state index >= 15 is 0 Å². The van der Waals surface area contributed by atoms with Crippen LogP contribution in [0.3, 0.4) is 0 Å². The second kappa shape index (κ2) is 19.9. The fourth-order valence-electron chi connectivity index (χ4n) is 3.57. The van der Waals surface area contributed by atoms with Crippen molar-refractivity contribution in [3.8, 4) is 11.5 Å². The Morgan fingerprint density at radius 2 is 0.800 bits per heavy atom. The topological polar surface area (TPSA) is 18.5 Å². The second-order valence-corrected chi connectivity index (χ2v) is 10.7. The molecule has 0 bridgehead atoms. The number of hydrogen-bond acceptors (Lipinski definition) is 2. The van der Waals surface area contributed by atoms with E-state index in [1.54, 1.807) is 0 Å². The van der Waals surface area contributed by atoms with Crippen molar-refractivity contribution in [2.75, 3.05) is 13.2 Å². The molecule has 0 aliphatic heterocycles. The zero-order chi connectivity index (χ0) is 21.9. The average molecular weight is 642 g/mol. The van der Waals surface area contributed by atoms with Crippen LogP contribution in [0, 0.1) is 7.14 Å². The van der Waals surface area contributed by atoms with E-state index in [1.807, 2.05) is 0 Å². The lowest BCUT2D eigenvalue weighted by atomic mass is 10.1. The molecule has 0 saturated heterocycles. The maximum atomic E-state index is 6.05. The minimum absolute atomic E-state index is 0.819. The minimum atomic E-state index is 0.819. The lowest BCUT2D eigenvalue weighted by Gasteiger charge is -2.13. The minimum Gasteiger partial charge on any atom is -0.492 e. The molecule has 4 heteroatoms. The van der Waals surface area contributed by atoms with Crippen LogP contribution in [0.25, 0.3) is 0 Å². The highest BCUT2D eigenvalue weighted by Crippen LogP contribution is 2.31. The van der Waals surface area contributed by atoms with Gasteiger partial charge in [0.1, 0.15) is 11.5 Å². The fourth-order valence-corrected chi connectivity index (χ4v) is 4.76. The third-order valence-electron chi connectivity index (χ3n) is 5.50. The quantitative estimate of drug-likeness (QED) is 0.104. The van der Waals surface area contributed by atoms with Gasteiger partial charge in [0, 0.05) is 0 Å². The molecule has 0 atom stereocenters. The van der Waals surface area contributed by atoms with Crippen LogP contribution in [0.4, 0.5) is 0 Å². The maximum Gasteiger partial charge on any atom is 0.133 e. The molecular weight excluding hydrogens is 598 g/mol. The predicted molar refractivity (Wildman–Crippen MR) is 148 cm³/mol. The van der Waals surface area contributed by atoms with E-state index in [0.29, 0.717) is 0 Å². The molecule has 0 heterocycles. The van der Waals surface area contributed by atoms with Gasteiger partial charge >= 0.3 is 0 Å². The Hall–Kier alpha value is 0.280. The first kappa shape index (κ1) is 28.3. The van der Waals surface area contributed by atoms with Crippen molar-refractivity contribution in [1.29, 1.82) is 0 Å².